The Hall–Kier alpha value is -3.28. The van der Waals surface area contributed by atoms with Crippen LogP contribution in [0.4, 0.5) is 5.82 Å². The average molecular weight is 404 g/mol. The molecule has 2 heterocycles. The van der Waals surface area contributed by atoms with Gasteiger partial charge >= 0.3 is 0 Å². The second-order valence-corrected chi connectivity index (χ2v) is 7.71. The molecule has 3 aromatic rings. The first kappa shape index (κ1) is 20.0. The molecule has 6 nitrogen and oxygen atoms in total. The van der Waals surface area contributed by atoms with Crippen molar-refractivity contribution >= 4 is 28.5 Å². The van der Waals surface area contributed by atoms with Gasteiger partial charge in [-0.1, -0.05) is 43.2 Å². The zero-order valence-corrected chi connectivity index (χ0v) is 17.5. The topological polar surface area (TPSA) is 79.0 Å². The van der Waals surface area contributed by atoms with Crippen molar-refractivity contribution in [1.29, 1.82) is 0 Å². The molecule has 0 aliphatic carbocycles. The quantitative estimate of drug-likeness (QED) is 0.476. The van der Waals surface area contributed by atoms with Gasteiger partial charge in [-0.05, 0) is 49.6 Å². The molecule has 1 aromatic heterocycles. The van der Waals surface area contributed by atoms with Crippen LogP contribution in [0.15, 0.2) is 64.6 Å². The molecule has 0 unspecified atom stereocenters. The van der Waals surface area contributed by atoms with Gasteiger partial charge in [-0.2, -0.15) is 4.99 Å². The highest BCUT2D eigenvalue weighted by molar-refractivity contribution is 5.95. The first-order valence-electron chi connectivity index (χ1n) is 10.6. The van der Waals surface area contributed by atoms with Gasteiger partial charge in [0.15, 0.2) is 0 Å². The molecule has 1 saturated heterocycles. The number of nitrogens with two attached hydrogens (primary N) is 1. The van der Waals surface area contributed by atoms with Gasteiger partial charge in [0.1, 0.15) is 24.0 Å². The minimum Gasteiger partial charge on any atom is -0.489 e. The van der Waals surface area contributed by atoms with Crippen LogP contribution in [-0.2, 0) is 6.61 Å². The summed E-state index contributed by atoms with van der Waals surface area (Å²) in [6, 6.07) is 18.1. The van der Waals surface area contributed by atoms with Gasteiger partial charge in [0.05, 0.1) is 0 Å². The highest BCUT2D eigenvalue weighted by Gasteiger charge is 2.10. The van der Waals surface area contributed by atoms with Crippen molar-refractivity contribution in [3.05, 3.63) is 60.2 Å². The van der Waals surface area contributed by atoms with Gasteiger partial charge < -0.3 is 20.4 Å². The zero-order valence-electron chi connectivity index (χ0n) is 17.5. The number of hydrogen-bond donors (Lipinski definition) is 2. The average Bonchev–Trinajstić information content (AvgIpc) is 2.95. The highest BCUT2D eigenvalue weighted by atomic mass is 16.5. The minimum atomic E-state index is 0.267. The van der Waals surface area contributed by atoms with Gasteiger partial charge in [-0.3, -0.25) is 0 Å². The number of rotatable bonds is 4. The fraction of sp³-hybridized carbons (Fsp3) is 0.333. The van der Waals surface area contributed by atoms with E-state index in [2.05, 4.69) is 32.0 Å². The summed E-state index contributed by atoms with van der Waals surface area (Å²) in [6.45, 7) is 4.63. The number of guanidine groups is 1. The molecule has 0 radical (unpaired) electrons. The van der Waals surface area contributed by atoms with Crippen LogP contribution in [0.5, 0.6) is 5.75 Å². The van der Waals surface area contributed by atoms with Gasteiger partial charge in [0.2, 0.25) is 5.96 Å². The van der Waals surface area contributed by atoms with Gasteiger partial charge in [0.25, 0.3) is 0 Å². The third-order valence-electron chi connectivity index (χ3n) is 5.40. The molecule has 156 valence electrons. The molecule has 0 amide bonds. The van der Waals surface area contributed by atoms with E-state index in [1.165, 1.54) is 25.7 Å². The molecule has 0 atom stereocenters. The number of nitrogens with one attached hydrogen (secondary N) is 1. The standard InChI is InChI=1S/C24H29N5O/c1-18(29-13-7-2-3-8-14-29)26-24(25)28-23-16-20-15-21(11-12-22(20)27-23)30-17-19-9-5-4-6-10-19/h4-6,9-12,15-16,27H,2-3,7-8,13-14,17H2,1H3,(H2,25,28)/b26-18+. The summed E-state index contributed by atoms with van der Waals surface area (Å²) < 4.78 is 5.92. The molecule has 0 spiro atoms. The van der Waals surface area contributed by atoms with Crippen molar-refractivity contribution in [3.63, 3.8) is 0 Å². The molecule has 30 heavy (non-hydrogen) atoms. The maximum atomic E-state index is 6.11. The Balaban J connectivity index is 1.45. The monoisotopic (exact) mass is 403 g/mol. The van der Waals surface area contributed by atoms with Crippen LogP contribution in [0, 0.1) is 0 Å². The number of aliphatic imine (C=N–C) groups is 2. The summed E-state index contributed by atoms with van der Waals surface area (Å²) in [4.78, 5) is 14.6. The van der Waals surface area contributed by atoms with E-state index in [0.717, 1.165) is 41.1 Å². The van der Waals surface area contributed by atoms with Crippen LogP contribution in [-0.4, -0.2) is 34.8 Å². The van der Waals surface area contributed by atoms with Crippen molar-refractivity contribution in [2.24, 2.45) is 15.7 Å². The summed E-state index contributed by atoms with van der Waals surface area (Å²) in [5.74, 6) is 2.72. The normalized spacial score (nSPS) is 16.0. The van der Waals surface area contributed by atoms with E-state index >= 15 is 0 Å². The molecule has 0 bridgehead atoms. The second kappa shape index (κ2) is 9.48. The Bertz CT molecular complexity index is 1030. The van der Waals surface area contributed by atoms with E-state index in [0.29, 0.717) is 12.4 Å². The van der Waals surface area contributed by atoms with Crippen molar-refractivity contribution < 1.29 is 4.74 Å². The van der Waals surface area contributed by atoms with Crippen molar-refractivity contribution in [2.75, 3.05) is 13.1 Å². The second-order valence-electron chi connectivity index (χ2n) is 7.71. The van der Waals surface area contributed by atoms with Gasteiger partial charge in [-0.15, -0.1) is 0 Å². The Labute approximate surface area is 177 Å². The summed E-state index contributed by atoms with van der Waals surface area (Å²) in [5, 5.41) is 1.03. The largest absolute Gasteiger partial charge is 0.489 e. The number of amidine groups is 1. The Morgan fingerprint density at radius 3 is 2.57 bits per heavy atom. The molecule has 0 saturated carbocycles. The number of likely N-dealkylation sites (tertiary alicyclic amines) is 1. The lowest BCUT2D eigenvalue weighted by atomic mass is 10.2. The Morgan fingerprint density at radius 1 is 1.03 bits per heavy atom. The molecule has 3 N–H and O–H groups in total. The number of nitrogens with zero attached hydrogens (tertiary/aromatic N) is 3. The SMILES string of the molecule is C/C(=N\C(N)=N/c1cc2cc(OCc3ccccc3)ccc2[nH]1)N1CCCCCC1. The van der Waals surface area contributed by atoms with E-state index < -0.39 is 0 Å². The van der Waals surface area contributed by atoms with Crippen molar-refractivity contribution in [1.82, 2.24) is 9.88 Å². The Morgan fingerprint density at radius 2 is 1.80 bits per heavy atom. The summed E-state index contributed by atoms with van der Waals surface area (Å²) in [6.07, 6.45) is 5.00. The molecule has 4 rings (SSSR count). The smallest absolute Gasteiger partial charge is 0.223 e. The van der Waals surface area contributed by atoms with Crippen LogP contribution in [0.3, 0.4) is 0 Å². The van der Waals surface area contributed by atoms with Crippen LogP contribution in [0.25, 0.3) is 10.9 Å². The molecule has 2 aromatic carbocycles. The molecule has 1 aliphatic rings. The first-order valence-corrected chi connectivity index (χ1v) is 10.6. The summed E-state index contributed by atoms with van der Waals surface area (Å²) in [7, 11) is 0. The Kier molecular flexibility index (Phi) is 6.32. The number of aromatic nitrogens is 1. The number of benzene rings is 2. The summed E-state index contributed by atoms with van der Waals surface area (Å²) in [5.41, 5.74) is 8.24. The first-order chi connectivity index (χ1) is 14.7. The number of ether oxygens (including phenoxy) is 1. The fourth-order valence-electron chi connectivity index (χ4n) is 3.77. The third-order valence-corrected chi connectivity index (χ3v) is 5.40. The van der Waals surface area contributed by atoms with E-state index in [-0.39, 0.29) is 5.96 Å². The summed E-state index contributed by atoms with van der Waals surface area (Å²) >= 11 is 0. The van der Waals surface area contributed by atoms with Crippen LogP contribution in [0.1, 0.15) is 38.2 Å². The number of hydrogen-bond acceptors (Lipinski definition) is 2. The lowest BCUT2D eigenvalue weighted by molar-refractivity contribution is 0.306. The van der Waals surface area contributed by atoms with Crippen molar-refractivity contribution in [3.8, 4) is 5.75 Å². The lowest BCUT2D eigenvalue weighted by Gasteiger charge is -2.21. The molecule has 6 heteroatoms. The zero-order chi connectivity index (χ0) is 20.8. The van der Waals surface area contributed by atoms with Crippen LogP contribution < -0.4 is 10.5 Å². The van der Waals surface area contributed by atoms with E-state index in [4.69, 9.17) is 10.5 Å². The molecular weight excluding hydrogens is 374 g/mol. The molecular formula is C24H29N5O. The molecule has 1 fully saturated rings. The number of aromatic amines is 1. The van der Waals surface area contributed by atoms with E-state index in [9.17, 15) is 0 Å². The van der Waals surface area contributed by atoms with Crippen LogP contribution in [0.2, 0.25) is 0 Å². The van der Waals surface area contributed by atoms with Gasteiger partial charge in [0, 0.05) is 24.0 Å². The van der Waals surface area contributed by atoms with E-state index in [1.54, 1.807) is 0 Å². The van der Waals surface area contributed by atoms with Crippen molar-refractivity contribution in [2.45, 2.75) is 39.2 Å². The minimum absolute atomic E-state index is 0.267. The fourth-order valence-corrected chi connectivity index (χ4v) is 3.77. The highest BCUT2D eigenvalue weighted by Crippen LogP contribution is 2.25. The molecule has 1 aliphatic heterocycles. The number of H-pyrrole nitrogens is 1. The van der Waals surface area contributed by atoms with Crippen LogP contribution >= 0.6 is 0 Å². The van der Waals surface area contributed by atoms with Gasteiger partial charge in [-0.25, -0.2) is 4.99 Å². The maximum Gasteiger partial charge on any atom is 0.223 e. The third kappa shape index (κ3) is 5.20. The maximum absolute atomic E-state index is 6.11. The number of fused-ring (bicyclic) bond motifs is 1. The lowest BCUT2D eigenvalue weighted by Crippen LogP contribution is -2.31. The predicted molar refractivity (Wildman–Crippen MR) is 124 cm³/mol. The predicted octanol–water partition coefficient (Wildman–Crippen LogP) is 4.99. The van der Waals surface area contributed by atoms with E-state index in [1.807, 2.05) is 49.4 Å².